The molecule has 3 aromatic carbocycles. The molecule has 1 N–H and O–H groups in total. The Bertz CT molecular complexity index is 1110. The van der Waals surface area contributed by atoms with Gasteiger partial charge >= 0.3 is 0 Å². The van der Waals surface area contributed by atoms with E-state index in [1.165, 1.54) is 5.56 Å². The fraction of sp³-hybridized carbons (Fsp3) is 0.375. The van der Waals surface area contributed by atoms with Crippen molar-refractivity contribution in [3.63, 3.8) is 0 Å². The zero-order valence-electron chi connectivity index (χ0n) is 21.8. The number of carbonyl (C=O) groups excluding carboxylic acids is 2. The number of benzene rings is 3. The van der Waals surface area contributed by atoms with Crippen LogP contribution in [-0.2, 0) is 22.6 Å². The molecule has 0 aromatic heterocycles. The minimum Gasteiger partial charge on any atom is -0.494 e. The van der Waals surface area contributed by atoms with Crippen LogP contribution in [0.1, 0.15) is 55.2 Å². The second-order valence-electron chi connectivity index (χ2n) is 9.97. The van der Waals surface area contributed by atoms with E-state index in [9.17, 15) is 9.59 Å². The van der Waals surface area contributed by atoms with E-state index < -0.39 is 6.04 Å². The second-order valence-corrected chi connectivity index (χ2v) is 9.97. The number of aryl methyl sites for hydroxylation is 1. The Balaban J connectivity index is 1.52. The molecule has 5 nitrogen and oxygen atoms in total. The zero-order valence-corrected chi connectivity index (χ0v) is 21.8. The summed E-state index contributed by atoms with van der Waals surface area (Å²) in [5, 5.41) is 3.26. The summed E-state index contributed by atoms with van der Waals surface area (Å²) in [5.74, 6) is 0.709. The Morgan fingerprint density at radius 3 is 2.22 bits per heavy atom. The molecule has 2 amide bonds. The van der Waals surface area contributed by atoms with Crippen molar-refractivity contribution in [2.45, 2.75) is 70.5 Å². The summed E-state index contributed by atoms with van der Waals surface area (Å²) in [4.78, 5) is 29.2. The molecule has 3 aromatic rings. The maximum Gasteiger partial charge on any atom is 0.243 e. The van der Waals surface area contributed by atoms with Crippen LogP contribution in [0, 0.1) is 6.92 Å². The van der Waals surface area contributed by atoms with Crippen LogP contribution in [0.25, 0.3) is 0 Å². The molecule has 0 bridgehead atoms. The fourth-order valence-corrected chi connectivity index (χ4v) is 4.89. The molecule has 0 heterocycles. The van der Waals surface area contributed by atoms with Crippen molar-refractivity contribution in [3.05, 3.63) is 102 Å². The number of nitrogens with one attached hydrogen (secondary N) is 1. The SMILES string of the molecule is Cc1ccc(CN(C(=O)CCCOc2ccccc2)[C@@H](Cc2ccccc2)C(=O)NC2CCCC2)cc1. The molecule has 5 heteroatoms. The summed E-state index contributed by atoms with van der Waals surface area (Å²) in [6.45, 7) is 2.90. The molecular formula is C32H38N2O3. The minimum absolute atomic E-state index is 0.0280. The van der Waals surface area contributed by atoms with Crippen molar-refractivity contribution in [1.82, 2.24) is 10.2 Å². The molecule has 1 aliphatic rings. The molecule has 37 heavy (non-hydrogen) atoms. The number of carbonyl (C=O) groups is 2. The van der Waals surface area contributed by atoms with E-state index in [1.807, 2.05) is 79.7 Å². The lowest BCUT2D eigenvalue weighted by Gasteiger charge is -2.32. The van der Waals surface area contributed by atoms with Crippen LogP contribution in [0.5, 0.6) is 5.75 Å². The van der Waals surface area contributed by atoms with Crippen LogP contribution in [0.3, 0.4) is 0 Å². The van der Waals surface area contributed by atoms with Gasteiger partial charge in [0.1, 0.15) is 11.8 Å². The third-order valence-corrected chi connectivity index (χ3v) is 6.99. The summed E-state index contributed by atoms with van der Waals surface area (Å²) in [7, 11) is 0. The number of amides is 2. The first-order chi connectivity index (χ1) is 18.1. The predicted octanol–water partition coefficient (Wildman–Crippen LogP) is 5.85. The van der Waals surface area contributed by atoms with E-state index >= 15 is 0 Å². The molecule has 0 radical (unpaired) electrons. The highest BCUT2D eigenvalue weighted by Crippen LogP contribution is 2.21. The third-order valence-electron chi connectivity index (χ3n) is 6.99. The second kappa shape index (κ2) is 13.6. The number of hydrogen-bond acceptors (Lipinski definition) is 3. The van der Waals surface area contributed by atoms with Crippen molar-refractivity contribution >= 4 is 11.8 Å². The summed E-state index contributed by atoms with van der Waals surface area (Å²) in [5.41, 5.74) is 3.23. The van der Waals surface area contributed by atoms with Gasteiger partial charge in [-0.3, -0.25) is 9.59 Å². The van der Waals surface area contributed by atoms with E-state index in [0.717, 1.165) is 42.6 Å². The quantitative estimate of drug-likeness (QED) is 0.319. The third kappa shape index (κ3) is 8.21. The topological polar surface area (TPSA) is 58.6 Å². The highest BCUT2D eigenvalue weighted by atomic mass is 16.5. The number of rotatable bonds is 12. The standard InChI is InChI=1S/C32H38N2O3/c1-25-18-20-27(21-19-25)24-34(31(35)17-10-22-37-29-15-6-3-7-16-29)30(23-26-11-4-2-5-12-26)32(36)33-28-13-8-9-14-28/h2-7,11-12,15-16,18-21,28,30H,8-10,13-14,17,22-24H2,1H3,(H,33,36)/t30-/m0/s1. The normalized spacial score (nSPS) is 14.2. The highest BCUT2D eigenvalue weighted by Gasteiger charge is 2.31. The first-order valence-corrected chi connectivity index (χ1v) is 13.5. The maximum atomic E-state index is 13.7. The van der Waals surface area contributed by atoms with Gasteiger partial charge < -0.3 is 15.0 Å². The molecule has 0 unspecified atom stereocenters. The van der Waals surface area contributed by atoms with Gasteiger partial charge in [0.2, 0.25) is 11.8 Å². The predicted molar refractivity (Wildman–Crippen MR) is 147 cm³/mol. The van der Waals surface area contributed by atoms with Gasteiger partial charge in [-0.2, -0.15) is 0 Å². The number of nitrogens with zero attached hydrogens (tertiary/aromatic N) is 1. The largest absolute Gasteiger partial charge is 0.494 e. The van der Waals surface area contributed by atoms with Gasteiger partial charge in [-0.25, -0.2) is 0 Å². The number of hydrogen-bond donors (Lipinski definition) is 1. The molecule has 1 atom stereocenters. The smallest absolute Gasteiger partial charge is 0.243 e. The monoisotopic (exact) mass is 498 g/mol. The summed E-state index contributed by atoms with van der Waals surface area (Å²) in [6.07, 6.45) is 5.68. The molecule has 1 fully saturated rings. The number of para-hydroxylation sites is 1. The first kappa shape index (κ1) is 26.5. The number of ether oxygens (including phenoxy) is 1. The van der Waals surface area contributed by atoms with Crippen LogP contribution >= 0.6 is 0 Å². The van der Waals surface area contributed by atoms with Crippen molar-refractivity contribution < 1.29 is 14.3 Å². The van der Waals surface area contributed by atoms with Gasteiger partial charge in [-0.1, -0.05) is 91.2 Å². The van der Waals surface area contributed by atoms with Gasteiger partial charge in [0.15, 0.2) is 0 Å². The first-order valence-electron chi connectivity index (χ1n) is 13.5. The van der Waals surface area contributed by atoms with Crippen molar-refractivity contribution in [2.75, 3.05) is 6.61 Å². The maximum absolute atomic E-state index is 13.7. The van der Waals surface area contributed by atoms with E-state index in [4.69, 9.17) is 4.74 Å². The van der Waals surface area contributed by atoms with E-state index in [-0.39, 0.29) is 17.9 Å². The molecule has 0 spiro atoms. The van der Waals surface area contributed by atoms with Crippen LogP contribution in [-0.4, -0.2) is 35.4 Å². The Morgan fingerprint density at radius 1 is 0.892 bits per heavy atom. The zero-order chi connectivity index (χ0) is 25.9. The summed E-state index contributed by atoms with van der Waals surface area (Å²) in [6, 6.07) is 27.4. The molecule has 1 saturated carbocycles. The average Bonchev–Trinajstić information content (AvgIpc) is 3.44. The molecule has 0 aliphatic heterocycles. The lowest BCUT2D eigenvalue weighted by molar-refractivity contribution is -0.141. The van der Waals surface area contributed by atoms with E-state index in [2.05, 4.69) is 17.4 Å². The summed E-state index contributed by atoms with van der Waals surface area (Å²) >= 11 is 0. The Labute approximate surface area is 220 Å². The van der Waals surface area contributed by atoms with Gasteiger partial charge in [-0.05, 0) is 49.4 Å². The van der Waals surface area contributed by atoms with E-state index in [0.29, 0.717) is 32.4 Å². The molecule has 0 saturated heterocycles. The van der Waals surface area contributed by atoms with Gasteiger partial charge in [-0.15, -0.1) is 0 Å². The lowest BCUT2D eigenvalue weighted by atomic mass is 10.0. The average molecular weight is 499 g/mol. The fourth-order valence-electron chi connectivity index (χ4n) is 4.89. The van der Waals surface area contributed by atoms with Gasteiger partial charge in [0.25, 0.3) is 0 Å². The van der Waals surface area contributed by atoms with Crippen molar-refractivity contribution in [1.29, 1.82) is 0 Å². The van der Waals surface area contributed by atoms with Crippen LogP contribution in [0.2, 0.25) is 0 Å². The van der Waals surface area contributed by atoms with Crippen molar-refractivity contribution in [2.24, 2.45) is 0 Å². The molecule has 1 aliphatic carbocycles. The van der Waals surface area contributed by atoms with Crippen molar-refractivity contribution in [3.8, 4) is 5.75 Å². The van der Waals surface area contributed by atoms with Crippen LogP contribution < -0.4 is 10.1 Å². The summed E-state index contributed by atoms with van der Waals surface area (Å²) < 4.78 is 5.81. The molecule has 4 rings (SSSR count). The lowest BCUT2D eigenvalue weighted by Crippen LogP contribution is -2.52. The minimum atomic E-state index is -0.577. The molecule has 194 valence electrons. The Hall–Kier alpha value is -3.60. The van der Waals surface area contributed by atoms with Gasteiger partial charge in [0, 0.05) is 25.4 Å². The van der Waals surface area contributed by atoms with Gasteiger partial charge in [0.05, 0.1) is 6.61 Å². The Kier molecular flexibility index (Phi) is 9.75. The van der Waals surface area contributed by atoms with E-state index in [1.54, 1.807) is 4.90 Å². The van der Waals surface area contributed by atoms with Crippen LogP contribution in [0.4, 0.5) is 0 Å². The Morgan fingerprint density at radius 2 is 1.54 bits per heavy atom. The molecular weight excluding hydrogens is 460 g/mol. The highest BCUT2D eigenvalue weighted by molar-refractivity contribution is 5.88. The van der Waals surface area contributed by atoms with Crippen LogP contribution in [0.15, 0.2) is 84.9 Å².